The third-order valence-electron chi connectivity index (χ3n) is 3.75. The highest BCUT2D eigenvalue weighted by molar-refractivity contribution is 7.92. The number of ether oxygens (including phenoxy) is 2. The van der Waals surface area contributed by atoms with Crippen LogP contribution in [0.25, 0.3) is 0 Å². The van der Waals surface area contributed by atoms with E-state index in [4.69, 9.17) is 9.47 Å². The average Bonchev–Trinajstić information content (AvgIpc) is 2.66. The number of nitrogens with zero attached hydrogens (tertiary/aromatic N) is 2. The van der Waals surface area contributed by atoms with E-state index in [1.165, 1.54) is 13.1 Å². The molecular weight excluding hydrogens is 358 g/mol. The van der Waals surface area contributed by atoms with Gasteiger partial charge in [0.05, 0.1) is 23.3 Å². The number of carbonyl (C=O) groups is 1. The van der Waals surface area contributed by atoms with Crippen LogP contribution in [0.2, 0.25) is 0 Å². The van der Waals surface area contributed by atoms with Crippen LogP contribution >= 0.6 is 0 Å². The molecule has 26 heavy (non-hydrogen) atoms. The van der Waals surface area contributed by atoms with Crippen molar-refractivity contribution in [1.82, 2.24) is 4.98 Å². The highest BCUT2D eigenvalue weighted by Crippen LogP contribution is 2.34. The molecule has 1 N–H and O–H groups in total. The molecule has 1 aliphatic heterocycles. The number of sulfonamides is 1. The van der Waals surface area contributed by atoms with E-state index in [1.54, 1.807) is 36.5 Å². The molecule has 2 aromatic rings. The van der Waals surface area contributed by atoms with Gasteiger partial charge in [-0.25, -0.2) is 8.42 Å². The molecule has 0 atom stereocenters. The molecule has 2 heterocycles. The number of aromatic nitrogens is 1. The van der Waals surface area contributed by atoms with Crippen molar-refractivity contribution in [3.63, 3.8) is 0 Å². The zero-order valence-electron chi connectivity index (χ0n) is 14.2. The second kappa shape index (κ2) is 7.61. The number of anilines is 2. The van der Waals surface area contributed by atoms with E-state index >= 15 is 0 Å². The monoisotopic (exact) mass is 377 g/mol. The summed E-state index contributed by atoms with van der Waals surface area (Å²) in [7, 11) is -3.67. The lowest BCUT2D eigenvalue weighted by molar-refractivity contribution is -0.114. The Bertz CT molecular complexity index is 887. The molecule has 8 nitrogen and oxygen atoms in total. The summed E-state index contributed by atoms with van der Waals surface area (Å²) in [4.78, 5) is 16.3. The smallest absolute Gasteiger partial charge is 0.245 e. The lowest BCUT2D eigenvalue weighted by Crippen LogP contribution is -2.39. The molecule has 0 radical (unpaired) electrons. The minimum absolute atomic E-state index is 0.137. The topological polar surface area (TPSA) is 97.8 Å². The average molecular weight is 377 g/mol. The first-order chi connectivity index (χ1) is 12.5. The van der Waals surface area contributed by atoms with Crippen molar-refractivity contribution in [2.75, 3.05) is 35.1 Å². The van der Waals surface area contributed by atoms with Crippen molar-refractivity contribution in [1.29, 1.82) is 0 Å². The van der Waals surface area contributed by atoms with Gasteiger partial charge in [0.2, 0.25) is 15.9 Å². The van der Waals surface area contributed by atoms with Gasteiger partial charge in [-0.05, 0) is 31.2 Å². The fourth-order valence-electron chi connectivity index (χ4n) is 2.46. The zero-order valence-corrected chi connectivity index (χ0v) is 15.0. The lowest BCUT2D eigenvalue weighted by Gasteiger charge is -2.25. The van der Waals surface area contributed by atoms with Crippen LogP contribution in [-0.2, 0) is 14.8 Å². The molecular formula is C17H19N3O5S. The summed E-state index contributed by atoms with van der Waals surface area (Å²) < 4.78 is 37.1. The molecule has 1 aliphatic rings. The molecule has 0 spiro atoms. The van der Waals surface area contributed by atoms with Gasteiger partial charge >= 0.3 is 0 Å². The summed E-state index contributed by atoms with van der Waals surface area (Å²) in [6.45, 7) is 2.00. The van der Waals surface area contributed by atoms with E-state index in [-0.39, 0.29) is 12.3 Å². The number of pyridine rings is 1. The third kappa shape index (κ3) is 4.05. The first-order valence-electron chi connectivity index (χ1n) is 8.09. The van der Waals surface area contributed by atoms with E-state index in [0.29, 0.717) is 36.1 Å². The molecule has 9 heteroatoms. The van der Waals surface area contributed by atoms with Gasteiger partial charge < -0.3 is 14.8 Å². The molecule has 1 amide bonds. The Labute approximate surface area is 151 Å². The molecule has 0 bridgehead atoms. The Morgan fingerprint density at radius 3 is 2.69 bits per heavy atom. The SMILES string of the molecule is CCS(=O)(=O)N(CC(=O)Nc1cccnc1)c1ccc2c(c1)OCCO2. The molecule has 0 saturated heterocycles. The van der Waals surface area contributed by atoms with Crippen LogP contribution < -0.4 is 19.1 Å². The first kappa shape index (κ1) is 18.0. The molecule has 1 aromatic heterocycles. The number of amides is 1. The fraction of sp³-hybridized carbons (Fsp3) is 0.294. The second-order valence-electron chi connectivity index (χ2n) is 5.53. The van der Waals surface area contributed by atoms with Gasteiger partial charge in [0, 0.05) is 12.3 Å². The van der Waals surface area contributed by atoms with Crippen LogP contribution in [-0.4, -0.2) is 44.8 Å². The molecule has 3 rings (SSSR count). The van der Waals surface area contributed by atoms with Gasteiger partial charge in [-0.2, -0.15) is 0 Å². The van der Waals surface area contributed by atoms with Crippen LogP contribution in [0.15, 0.2) is 42.7 Å². The minimum atomic E-state index is -3.67. The number of nitrogens with one attached hydrogen (secondary N) is 1. The molecule has 0 saturated carbocycles. The predicted molar refractivity (Wildman–Crippen MR) is 97.1 cm³/mol. The summed E-state index contributed by atoms with van der Waals surface area (Å²) in [5.74, 6) is 0.401. The van der Waals surface area contributed by atoms with Crippen LogP contribution in [0, 0.1) is 0 Å². The zero-order chi connectivity index (χ0) is 18.6. The second-order valence-corrected chi connectivity index (χ2v) is 7.71. The van der Waals surface area contributed by atoms with E-state index in [0.717, 1.165) is 4.31 Å². The van der Waals surface area contributed by atoms with Crippen molar-refractivity contribution in [3.05, 3.63) is 42.7 Å². The number of carbonyl (C=O) groups excluding carboxylic acids is 1. The third-order valence-corrected chi connectivity index (χ3v) is 5.49. The summed E-state index contributed by atoms with van der Waals surface area (Å²) in [5.41, 5.74) is 0.839. The quantitative estimate of drug-likeness (QED) is 0.822. The summed E-state index contributed by atoms with van der Waals surface area (Å²) >= 11 is 0. The van der Waals surface area contributed by atoms with Gasteiger partial charge in [0.15, 0.2) is 11.5 Å². The molecule has 0 unspecified atom stereocenters. The van der Waals surface area contributed by atoms with Crippen molar-refractivity contribution >= 4 is 27.3 Å². The Hall–Kier alpha value is -2.81. The van der Waals surface area contributed by atoms with Crippen LogP contribution in [0.4, 0.5) is 11.4 Å². The van der Waals surface area contributed by atoms with Crippen LogP contribution in [0.1, 0.15) is 6.92 Å². The predicted octanol–water partition coefficient (Wildman–Crippen LogP) is 1.65. The van der Waals surface area contributed by atoms with Crippen LogP contribution in [0.5, 0.6) is 11.5 Å². The largest absolute Gasteiger partial charge is 0.486 e. The standard InChI is InChI=1S/C17H19N3O5S/c1-2-26(22,23)20(12-17(21)19-13-4-3-7-18-11-13)14-5-6-15-16(10-14)25-9-8-24-15/h3-7,10-11H,2,8-9,12H2,1H3,(H,19,21). The lowest BCUT2D eigenvalue weighted by atomic mass is 10.2. The van der Waals surface area contributed by atoms with Gasteiger partial charge in [-0.3, -0.25) is 14.1 Å². The maximum Gasteiger partial charge on any atom is 0.245 e. The number of rotatable bonds is 6. The maximum atomic E-state index is 12.5. The highest BCUT2D eigenvalue weighted by Gasteiger charge is 2.25. The van der Waals surface area contributed by atoms with E-state index in [9.17, 15) is 13.2 Å². The number of hydrogen-bond acceptors (Lipinski definition) is 6. The number of fused-ring (bicyclic) bond motifs is 1. The molecule has 0 aliphatic carbocycles. The molecule has 0 fully saturated rings. The van der Waals surface area contributed by atoms with Crippen molar-refractivity contribution in [3.8, 4) is 11.5 Å². The Kier molecular flexibility index (Phi) is 5.27. The van der Waals surface area contributed by atoms with Gasteiger partial charge in [-0.1, -0.05) is 0 Å². The van der Waals surface area contributed by atoms with Crippen molar-refractivity contribution in [2.24, 2.45) is 0 Å². The summed E-state index contributed by atoms with van der Waals surface area (Å²) in [6, 6.07) is 8.16. The van der Waals surface area contributed by atoms with Gasteiger partial charge in [-0.15, -0.1) is 0 Å². The Morgan fingerprint density at radius 2 is 2.00 bits per heavy atom. The van der Waals surface area contributed by atoms with Gasteiger partial charge in [0.25, 0.3) is 0 Å². The van der Waals surface area contributed by atoms with E-state index in [2.05, 4.69) is 10.3 Å². The van der Waals surface area contributed by atoms with E-state index in [1.807, 2.05) is 0 Å². The first-order valence-corrected chi connectivity index (χ1v) is 9.70. The summed E-state index contributed by atoms with van der Waals surface area (Å²) in [5, 5.41) is 2.64. The fourth-order valence-corrected chi connectivity index (χ4v) is 3.52. The van der Waals surface area contributed by atoms with E-state index < -0.39 is 15.9 Å². The van der Waals surface area contributed by atoms with Crippen LogP contribution in [0.3, 0.4) is 0 Å². The minimum Gasteiger partial charge on any atom is -0.486 e. The Morgan fingerprint density at radius 1 is 1.23 bits per heavy atom. The van der Waals surface area contributed by atoms with Crippen molar-refractivity contribution in [2.45, 2.75) is 6.92 Å². The normalized spacial score (nSPS) is 13.1. The summed E-state index contributed by atoms with van der Waals surface area (Å²) in [6.07, 6.45) is 3.07. The van der Waals surface area contributed by atoms with Gasteiger partial charge in [0.1, 0.15) is 19.8 Å². The number of benzene rings is 1. The van der Waals surface area contributed by atoms with Crippen molar-refractivity contribution < 1.29 is 22.7 Å². The maximum absolute atomic E-state index is 12.5. The highest BCUT2D eigenvalue weighted by atomic mass is 32.2. The molecule has 138 valence electrons. The molecule has 1 aromatic carbocycles. The number of hydrogen-bond donors (Lipinski definition) is 1. The Balaban J connectivity index is 1.85.